The second-order valence-corrected chi connectivity index (χ2v) is 3.99. The number of aliphatic hydroxyl groups is 1. The lowest BCUT2D eigenvalue weighted by molar-refractivity contribution is -0.379. The number of rotatable bonds is 9. The Morgan fingerprint density at radius 2 is 1.82 bits per heavy atom. The van der Waals surface area contributed by atoms with E-state index in [1.165, 1.54) is 21.1 Å². The predicted molar refractivity (Wildman–Crippen MR) is 63.3 cm³/mol. The van der Waals surface area contributed by atoms with Crippen LogP contribution in [0.5, 0.6) is 0 Å². The maximum atomic E-state index is 11.0. The number of unbranched alkanes of at least 4 members (excludes halogenated alkanes) is 3. The first kappa shape index (κ1) is 16.4. The Bertz CT molecular complexity index is 213. The fraction of sp³-hybridized carbons (Fsp3) is 0.917. The second kappa shape index (κ2) is 8.44. The molecule has 0 aliphatic heterocycles. The highest BCUT2D eigenvalue weighted by molar-refractivity contribution is 5.66. The molecule has 102 valence electrons. The Morgan fingerprint density at radius 1 is 1.24 bits per heavy atom. The monoisotopic (exact) mass is 248 g/mol. The summed E-state index contributed by atoms with van der Waals surface area (Å²) in [6, 6.07) is 0. The van der Waals surface area contributed by atoms with E-state index in [1.54, 1.807) is 0 Å². The van der Waals surface area contributed by atoms with Gasteiger partial charge in [0.15, 0.2) is 6.10 Å². The van der Waals surface area contributed by atoms with Gasteiger partial charge >= 0.3 is 11.9 Å². The Labute approximate surface area is 103 Å². The van der Waals surface area contributed by atoms with Crippen molar-refractivity contribution in [1.82, 2.24) is 0 Å². The molecule has 0 heterocycles. The van der Waals surface area contributed by atoms with Gasteiger partial charge in [-0.15, -0.1) is 0 Å². The van der Waals surface area contributed by atoms with E-state index in [4.69, 9.17) is 14.2 Å². The van der Waals surface area contributed by atoms with Gasteiger partial charge in [-0.05, 0) is 12.8 Å². The van der Waals surface area contributed by atoms with Crippen molar-refractivity contribution in [3.63, 3.8) is 0 Å². The summed E-state index contributed by atoms with van der Waals surface area (Å²) in [5.41, 5.74) is 0. The SMILES string of the molecule is CCCCCCC(OC(C)=O)C(O)(OC)OC. The normalized spacial score (nSPS) is 13.5. The maximum Gasteiger partial charge on any atom is 0.319 e. The summed E-state index contributed by atoms with van der Waals surface area (Å²) in [5.74, 6) is -2.32. The van der Waals surface area contributed by atoms with E-state index in [9.17, 15) is 9.90 Å². The number of hydrogen-bond donors (Lipinski definition) is 1. The van der Waals surface area contributed by atoms with E-state index in [2.05, 4.69) is 6.92 Å². The van der Waals surface area contributed by atoms with E-state index in [1.807, 2.05) is 0 Å². The third-order valence-electron chi connectivity index (χ3n) is 2.62. The summed E-state index contributed by atoms with van der Waals surface area (Å²) >= 11 is 0. The van der Waals surface area contributed by atoms with Crippen LogP contribution in [0.25, 0.3) is 0 Å². The summed E-state index contributed by atoms with van der Waals surface area (Å²) in [4.78, 5) is 11.0. The van der Waals surface area contributed by atoms with Crippen LogP contribution in [0.3, 0.4) is 0 Å². The van der Waals surface area contributed by atoms with Crippen LogP contribution in [-0.2, 0) is 19.0 Å². The smallest absolute Gasteiger partial charge is 0.319 e. The third kappa shape index (κ3) is 6.00. The molecule has 0 saturated heterocycles. The summed E-state index contributed by atoms with van der Waals surface area (Å²) in [6.45, 7) is 3.41. The van der Waals surface area contributed by atoms with Crippen molar-refractivity contribution in [1.29, 1.82) is 0 Å². The van der Waals surface area contributed by atoms with Crippen LogP contribution in [0.4, 0.5) is 0 Å². The van der Waals surface area contributed by atoms with Crippen molar-refractivity contribution in [2.24, 2.45) is 0 Å². The minimum atomic E-state index is -1.86. The molecule has 0 aromatic heterocycles. The van der Waals surface area contributed by atoms with Gasteiger partial charge in [-0.1, -0.05) is 26.2 Å². The van der Waals surface area contributed by atoms with Crippen molar-refractivity contribution in [3.05, 3.63) is 0 Å². The van der Waals surface area contributed by atoms with Crippen LogP contribution in [0.15, 0.2) is 0 Å². The number of esters is 1. The largest absolute Gasteiger partial charge is 0.454 e. The van der Waals surface area contributed by atoms with Crippen molar-refractivity contribution in [2.75, 3.05) is 14.2 Å². The Morgan fingerprint density at radius 3 is 2.24 bits per heavy atom. The molecule has 5 heteroatoms. The second-order valence-electron chi connectivity index (χ2n) is 3.99. The molecule has 0 fully saturated rings. The molecule has 17 heavy (non-hydrogen) atoms. The van der Waals surface area contributed by atoms with Gasteiger partial charge in [0.2, 0.25) is 0 Å². The van der Waals surface area contributed by atoms with Crippen molar-refractivity contribution in [3.8, 4) is 0 Å². The molecule has 0 amide bonds. The molecule has 0 rings (SSSR count). The maximum absolute atomic E-state index is 11.0. The summed E-state index contributed by atoms with van der Waals surface area (Å²) in [5, 5.41) is 9.97. The predicted octanol–water partition coefficient (Wildman–Crippen LogP) is 1.83. The first-order valence-corrected chi connectivity index (χ1v) is 6.00. The first-order chi connectivity index (χ1) is 8.00. The number of carbonyl (C=O) groups is 1. The van der Waals surface area contributed by atoms with Gasteiger partial charge in [0.05, 0.1) is 0 Å². The zero-order valence-electron chi connectivity index (χ0n) is 11.2. The first-order valence-electron chi connectivity index (χ1n) is 6.00. The average molecular weight is 248 g/mol. The van der Waals surface area contributed by atoms with Crippen LogP contribution in [0, 0.1) is 0 Å². The molecular formula is C12H24O5. The number of carbonyl (C=O) groups excluding carboxylic acids is 1. The summed E-state index contributed by atoms with van der Waals surface area (Å²) in [6.07, 6.45) is 3.82. The van der Waals surface area contributed by atoms with Gasteiger partial charge in [0.25, 0.3) is 0 Å². The van der Waals surface area contributed by atoms with Crippen LogP contribution < -0.4 is 0 Å². The highest BCUT2D eigenvalue weighted by Gasteiger charge is 2.39. The molecule has 1 N–H and O–H groups in total. The van der Waals surface area contributed by atoms with E-state index in [0.29, 0.717) is 6.42 Å². The van der Waals surface area contributed by atoms with Crippen molar-refractivity contribution >= 4 is 5.97 Å². The molecule has 0 spiro atoms. The highest BCUT2D eigenvalue weighted by Crippen LogP contribution is 2.22. The van der Waals surface area contributed by atoms with Crippen LogP contribution in [-0.4, -0.2) is 37.4 Å². The van der Waals surface area contributed by atoms with Gasteiger partial charge in [0, 0.05) is 21.1 Å². The van der Waals surface area contributed by atoms with Gasteiger partial charge in [-0.2, -0.15) is 0 Å². The number of ether oxygens (including phenoxy) is 3. The molecule has 5 nitrogen and oxygen atoms in total. The molecule has 0 radical (unpaired) electrons. The van der Waals surface area contributed by atoms with E-state index in [-0.39, 0.29) is 0 Å². The van der Waals surface area contributed by atoms with Crippen molar-refractivity contribution < 1.29 is 24.1 Å². The Kier molecular flexibility index (Phi) is 8.12. The molecule has 0 aliphatic carbocycles. The Hall–Kier alpha value is -0.650. The zero-order chi connectivity index (χ0) is 13.3. The average Bonchev–Trinajstić information content (AvgIpc) is 2.31. The van der Waals surface area contributed by atoms with Crippen LogP contribution >= 0.6 is 0 Å². The van der Waals surface area contributed by atoms with Gasteiger partial charge in [-0.25, -0.2) is 0 Å². The minimum Gasteiger partial charge on any atom is -0.454 e. The molecule has 0 aromatic rings. The van der Waals surface area contributed by atoms with E-state index >= 15 is 0 Å². The van der Waals surface area contributed by atoms with Gasteiger partial charge < -0.3 is 19.3 Å². The molecule has 0 bridgehead atoms. The quantitative estimate of drug-likeness (QED) is 0.383. The molecule has 1 unspecified atom stereocenters. The molecule has 0 aromatic carbocycles. The number of hydrogen-bond acceptors (Lipinski definition) is 5. The summed E-state index contributed by atoms with van der Waals surface area (Å²) < 4.78 is 14.8. The highest BCUT2D eigenvalue weighted by atomic mass is 16.8. The van der Waals surface area contributed by atoms with Crippen LogP contribution in [0.2, 0.25) is 0 Å². The number of methoxy groups -OCH3 is 2. The lowest BCUT2D eigenvalue weighted by Gasteiger charge is -2.32. The lowest BCUT2D eigenvalue weighted by atomic mass is 10.1. The lowest BCUT2D eigenvalue weighted by Crippen LogP contribution is -2.48. The van der Waals surface area contributed by atoms with E-state index in [0.717, 1.165) is 25.7 Å². The molecular weight excluding hydrogens is 224 g/mol. The third-order valence-corrected chi connectivity index (χ3v) is 2.62. The Balaban J connectivity index is 4.36. The fourth-order valence-electron chi connectivity index (χ4n) is 1.62. The van der Waals surface area contributed by atoms with E-state index < -0.39 is 18.0 Å². The molecule has 0 aliphatic rings. The topological polar surface area (TPSA) is 65.0 Å². The van der Waals surface area contributed by atoms with Crippen LogP contribution in [0.1, 0.15) is 46.0 Å². The minimum absolute atomic E-state index is 0.460. The summed E-state index contributed by atoms with van der Waals surface area (Å²) in [7, 11) is 2.62. The van der Waals surface area contributed by atoms with Crippen molar-refractivity contribution in [2.45, 2.75) is 58.0 Å². The zero-order valence-corrected chi connectivity index (χ0v) is 11.2. The van der Waals surface area contributed by atoms with Gasteiger partial charge in [0.1, 0.15) is 0 Å². The fourth-order valence-corrected chi connectivity index (χ4v) is 1.62. The molecule has 0 saturated carbocycles. The molecule has 1 atom stereocenters. The standard InChI is InChI=1S/C12H24O5/c1-5-6-7-8-9-11(17-10(2)13)12(14,15-3)16-4/h11,14H,5-9H2,1-4H3. The van der Waals surface area contributed by atoms with Gasteiger partial charge in [-0.3, -0.25) is 4.79 Å².